The van der Waals surface area contributed by atoms with Gasteiger partial charge in [-0.1, -0.05) is 0 Å². The molecule has 0 aliphatic carbocycles. The van der Waals surface area contributed by atoms with Crippen LogP contribution >= 0.6 is 0 Å². The molecule has 7 heteroatoms. The fourth-order valence-electron chi connectivity index (χ4n) is 2.52. The third-order valence-electron chi connectivity index (χ3n) is 3.88. The maximum absolute atomic E-state index is 12.3. The number of amides is 1. The van der Waals surface area contributed by atoms with Crippen LogP contribution in [-0.4, -0.2) is 38.4 Å². The van der Waals surface area contributed by atoms with Crippen molar-refractivity contribution < 1.29 is 19.0 Å². The normalized spacial score (nSPS) is 10.9. The average molecular weight is 353 g/mol. The summed E-state index contributed by atoms with van der Waals surface area (Å²) in [6.45, 7) is 0. The molecule has 0 atom stereocenters. The van der Waals surface area contributed by atoms with Gasteiger partial charge in [0, 0.05) is 16.5 Å². The predicted molar refractivity (Wildman–Crippen MR) is 99.5 cm³/mol. The Morgan fingerprint density at radius 1 is 1.00 bits per heavy atom. The lowest BCUT2D eigenvalue weighted by Crippen LogP contribution is -2.17. The standard InChI is InChI=1S/C19H19N3O4/c1-24-14-4-6-16-12(8-14)10-17(21-16)19(23)22-20-11-13-9-15(25-2)5-7-18(13)26-3/h4-11,21H,1-3H3,(H,22,23)/b20-11+. The molecule has 1 amide bonds. The highest BCUT2D eigenvalue weighted by atomic mass is 16.5. The van der Waals surface area contributed by atoms with Crippen LogP contribution < -0.4 is 19.6 Å². The minimum absolute atomic E-state index is 0.349. The fourth-order valence-corrected chi connectivity index (χ4v) is 2.52. The molecule has 0 fully saturated rings. The largest absolute Gasteiger partial charge is 0.497 e. The second kappa shape index (κ2) is 7.60. The number of hydrogen-bond donors (Lipinski definition) is 2. The molecule has 0 unspecified atom stereocenters. The molecular weight excluding hydrogens is 334 g/mol. The van der Waals surface area contributed by atoms with Crippen molar-refractivity contribution >= 4 is 23.0 Å². The van der Waals surface area contributed by atoms with Gasteiger partial charge in [-0.15, -0.1) is 0 Å². The topological polar surface area (TPSA) is 84.9 Å². The van der Waals surface area contributed by atoms with E-state index >= 15 is 0 Å². The van der Waals surface area contributed by atoms with Crippen molar-refractivity contribution in [2.24, 2.45) is 5.10 Å². The fraction of sp³-hybridized carbons (Fsp3) is 0.158. The van der Waals surface area contributed by atoms with E-state index in [1.807, 2.05) is 18.2 Å². The molecule has 3 rings (SSSR count). The van der Waals surface area contributed by atoms with Crippen LogP contribution in [0.2, 0.25) is 0 Å². The van der Waals surface area contributed by atoms with Crippen molar-refractivity contribution in [1.29, 1.82) is 0 Å². The first-order chi connectivity index (χ1) is 12.6. The smallest absolute Gasteiger partial charge is 0.287 e. The van der Waals surface area contributed by atoms with Gasteiger partial charge in [-0.05, 0) is 42.5 Å². The van der Waals surface area contributed by atoms with Crippen LogP contribution in [0.5, 0.6) is 17.2 Å². The lowest BCUT2D eigenvalue weighted by atomic mass is 10.2. The molecule has 1 heterocycles. The summed E-state index contributed by atoms with van der Waals surface area (Å²) in [4.78, 5) is 15.3. The molecule has 0 spiro atoms. The lowest BCUT2D eigenvalue weighted by molar-refractivity contribution is 0.0951. The summed E-state index contributed by atoms with van der Waals surface area (Å²) in [5.74, 6) is 1.68. The maximum Gasteiger partial charge on any atom is 0.287 e. The number of H-pyrrole nitrogens is 1. The zero-order chi connectivity index (χ0) is 18.5. The Bertz CT molecular complexity index is 963. The molecule has 26 heavy (non-hydrogen) atoms. The Kier molecular flexibility index (Phi) is 5.07. The number of benzene rings is 2. The molecule has 0 bridgehead atoms. The first-order valence-corrected chi connectivity index (χ1v) is 7.87. The highest BCUT2D eigenvalue weighted by molar-refractivity contribution is 5.98. The van der Waals surface area contributed by atoms with E-state index in [0.717, 1.165) is 16.7 Å². The van der Waals surface area contributed by atoms with Gasteiger partial charge in [0.2, 0.25) is 0 Å². The van der Waals surface area contributed by atoms with Gasteiger partial charge in [0.25, 0.3) is 5.91 Å². The second-order valence-corrected chi connectivity index (χ2v) is 5.44. The molecule has 3 aromatic rings. The van der Waals surface area contributed by atoms with Crippen LogP contribution in [0.15, 0.2) is 47.6 Å². The van der Waals surface area contributed by atoms with Crippen LogP contribution in [0, 0.1) is 0 Å². The Morgan fingerprint density at radius 2 is 1.73 bits per heavy atom. The van der Waals surface area contributed by atoms with E-state index in [2.05, 4.69) is 15.5 Å². The second-order valence-electron chi connectivity index (χ2n) is 5.44. The summed E-state index contributed by atoms with van der Waals surface area (Å²) in [7, 11) is 4.74. The predicted octanol–water partition coefficient (Wildman–Crippen LogP) is 2.96. The van der Waals surface area contributed by atoms with E-state index in [-0.39, 0.29) is 5.91 Å². The van der Waals surface area contributed by atoms with Crippen LogP contribution in [0.4, 0.5) is 0 Å². The van der Waals surface area contributed by atoms with Gasteiger partial charge in [0.1, 0.15) is 22.9 Å². The number of carbonyl (C=O) groups excluding carboxylic acids is 1. The number of aromatic nitrogens is 1. The molecule has 2 aromatic carbocycles. The van der Waals surface area contributed by atoms with Crippen LogP contribution in [-0.2, 0) is 0 Å². The van der Waals surface area contributed by atoms with Gasteiger partial charge < -0.3 is 19.2 Å². The van der Waals surface area contributed by atoms with Gasteiger partial charge in [0.05, 0.1) is 27.5 Å². The zero-order valence-electron chi connectivity index (χ0n) is 14.7. The number of ether oxygens (including phenoxy) is 3. The van der Waals surface area contributed by atoms with Crippen molar-refractivity contribution in [2.45, 2.75) is 0 Å². The monoisotopic (exact) mass is 353 g/mol. The number of nitrogens with zero attached hydrogens (tertiary/aromatic N) is 1. The molecule has 0 aliphatic heterocycles. The molecule has 0 radical (unpaired) electrons. The van der Waals surface area contributed by atoms with Gasteiger partial charge in [-0.3, -0.25) is 4.79 Å². The third-order valence-corrected chi connectivity index (χ3v) is 3.88. The summed E-state index contributed by atoms with van der Waals surface area (Å²) in [6.07, 6.45) is 1.50. The molecule has 0 saturated carbocycles. The van der Waals surface area contributed by atoms with E-state index < -0.39 is 0 Å². The molecule has 134 valence electrons. The van der Waals surface area contributed by atoms with E-state index in [1.54, 1.807) is 45.6 Å². The van der Waals surface area contributed by atoms with Gasteiger partial charge in [-0.25, -0.2) is 5.43 Å². The highest BCUT2D eigenvalue weighted by Crippen LogP contribution is 2.23. The Balaban J connectivity index is 1.75. The quantitative estimate of drug-likeness (QED) is 0.527. The number of nitrogens with one attached hydrogen (secondary N) is 2. The molecular formula is C19H19N3O4. The maximum atomic E-state index is 12.3. The van der Waals surface area contributed by atoms with Gasteiger partial charge in [-0.2, -0.15) is 5.10 Å². The van der Waals surface area contributed by atoms with E-state index in [4.69, 9.17) is 14.2 Å². The van der Waals surface area contributed by atoms with Gasteiger partial charge >= 0.3 is 0 Å². The Hall–Kier alpha value is -3.48. The lowest BCUT2D eigenvalue weighted by Gasteiger charge is -2.06. The van der Waals surface area contributed by atoms with Crippen LogP contribution in [0.3, 0.4) is 0 Å². The molecule has 2 N–H and O–H groups in total. The summed E-state index contributed by atoms with van der Waals surface area (Å²) in [5, 5.41) is 4.88. The summed E-state index contributed by atoms with van der Waals surface area (Å²) in [5.41, 5.74) is 4.43. The number of aromatic amines is 1. The molecule has 1 aromatic heterocycles. The van der Waals surface area contributed by atoms with E-state index in [1.165, 1.54) is 6.21 Å². The highest BCUT2D eigenvalue weighted by Gasteiger charge is 2.09. The summed E-state index contributed by atoms with van der Waals surface area (Å²) < 4.78 is 15.6. The van der Waals surface area contributed by atoms with Crippen molar-refractivity contribution in [2.75, 3.05) is 21.3 Å². The third kappa shape index (κ3) is 3.61. The number of hydrazone groups is 1. The van der Waals surface area contributed by atoms with Gasteiger partial charge in [0.15, 0.2) is 0 Å². The van der Waals surface area contributed by atoms with Crippen molar-refractivity contribution in [3.8, 4) is 17.2 Å². The number of fused-ring (bicyclic) bond motifs is 1. The SMILES string of the molecule is COc1ccc(OC)c(/C=N/NC(=O)c2cc3cc(OC)ccc3[nH]2)c1. The number of carbonyl (C=O) groups is 1. The van der Waals surface area contributed by atoms with E-state index in [0.29, 0.717) is 22.8 Å². The first-order valence-electron chi connectivity index (χ1n) is 7.87. The van der Waals surface area contributed by atoms with Crippen LogP contribution in [0.25, 0.3) is 10.9 Å². The Morgan fingerprint density at radius 3 is 2.46 bits per heavy atom. The first kappa shape index (κ1) is 17.3. The average Bonchev–Trinajstić information content (AvgIpc) is 3.11. The van der Waals surface area contributed by atoms with Crippen LogP contribution in [0.1, 0.15) is 16.1 Å². The zero-order valence-corrected chi connectivity index (χ0v) is 14.7. The van der Waals surface area contributed by atoms with Crippen molar-refractivity contribution in [1.82, 2.24) is 10.4 Å². The summed E-state index contributed by atoms with van der Waals surface area (Å²) in [6, 6.07) is 12.6. The number of rotatable bonds is 6. The summed E-state index contributed by atoms with van der Waals surface area (Å²) >= 11 is 0. The minimum Gasteiger partial charge on any atom is -0.497 e. The van der Waals surface area contributed by atoms with Crippen molar-refractivity contribution in [3.63, 3.8) is 0 Å². The Labute approximate surface area is 150 Å². The molecule has 0 aliphatic rings. The molecule has 7 nitrogen and oxygen atoms in total. The minimum atomic E-state index is -0.349. The number of methoxy groups -OCH3 is 3. The van der Waals surface area contributed by atoms with Crippen molar-refractivity contribution in [3.05, 3.63) is 53.7 Å². The van der Waals surface area contributed by atoms with E-state index in [9.17, 15) is 4.79 Å². The number of hydrogen-bond acceptors (Lipinski definition) is 5. The molecule has 0 saturated heterocycles.